The molecule has 0 aliphatic heterocycles. The molecule has 2 aromatic carbocycles. The van der Waals surface area contributed by atoms with Crippen LogP contribution in [0.3, 0.4) is 0 Å². The van der Waals surface area contributed by atoms with Gasteiger partial charge in [0.1, 0.15) is 23.5 Å². The maximum atomic E-state index is 15.8. The molecule has 2 aromatic rings. The fraction of sp³-hybridized carbons (Fsp3) is 0.435. The Bertz CT molecular complexity index is 1040. The van der Waals surface area contributed by atoms with Crippen molar-refractivity contribution in [3.8, 4) is 17.6 Å². The number of nitrogens with zero attached hydrogens (tertiary/aromatic N) is 1. The second-order valence-electron chi connectivity index (χ2n) is 7.97. The third-order valence-electron chi connectivity index (χ3n) is 6.15. The first kappa shape index (κ1) is 23.0. The number of alkyl halides is 4. The molecule has 166 valence electrons. The van der Waals surface area contributed by atoms with Gasteiger partial charge in [0, 0.05) is 23.1 Å². The summed E-state index contributed by atoms with van der Waals surface area (Å²) in [5.41, 5.74) is -3.38. The number of rotatable bonds is 5. The number of halogens is 5. The zero-order valence-corrected chi connectivity index (χ0v) is 16.8. The van der Waals surface area contributed by atoms with Crippen LogP contribution in [0.4, 0.5) is 22.0 Å². The average Bonchev–Trinajstić information content (AvgIpc) is 2.87. The molecule has 0 saturated heterocycles. The molecule has 0 spiro atoms. The van der Waals surface area contributed by atoms with Crippen LogP contribution in [-0.4, -0.2) is 11.1 Å². The predicted molar refractivity (Wildman–Crippen MR) is 104 cm³/mol. The van der Waals surface area contributed by atoms with Crippen LogP contribution in [0, 0.1) is 17.1 Å². The molecule has 2 unspecified atom stereocenters. The molecule has 2 N–H and O–H groups in total. The quantitative estimate of drug-likeness (QED) is 0.496. The topological polar surface area (TPSA) is 64.5 Å². The molecular formula is C23H22F5NO2. The van der Waals surface area contributed by atoms with E-state index in [1.54, 1.807) is 13.0 Å². The van der Waals surface area contributed by atoms with Gasteiger partial charge in [0.15, 0.2) is 5.67 Å². The van der Waals surface area contributed by atoms with Crippen LogP contribution in [0.2, 0.25) is 0 Å². The van der Waals surface area contributed by atoms with Crippen molar-refractivity contribution in [3.05, 3.63) is 58.4 Å². The summed E-state index contributed by atoms with van der Waals surface area (Å²) in [7, 11) is 0. The van der Waals surface area contributed by atoms with E-state index in [-0.39, 0.29) is 52.9 Å². The molecule has 0 radical (unpaired) electrons. The molecule has 31 heavy (non-hydrogen) atoms. The summed E-state index contributed by atoms with van der Waals surface area (Å²) in [5.74, 6) is -5.69. The maximum Gasteiger partial charge on any atom is 0.307 e. The predicted octanol–water partition coefficient (Wildman–Crippen LogP) is 6.56. The summed E-state index contributed by atoms with van der Waals surface area (Å²) in [5, 5.41) is 8.99. The highest BCUT2D eigenvalue weighted by Gasteiger charge is 2.67. The minimum absolute atomic E-state index is 0. The fourth-order valence-electron chi connectivity index (χ4n) is 4.76. The zero-order chi connectivity index (χ0) is 21.7. The third kappa shape index (κ3) is 3.45. The Morgan fingerprint density at radius 2 is 1.87 bits per heavy atom. The summed E-state index contributed by atoms with van der Waals surface area (Å²) in [6.45, 7) is 1.80. The van der Waals surface area contributed by atoms with E-state index in [1.165, 1.54) is 12.1 Å². The van der Waals surface area contributed by atoms with Crippen molar-refractivity contribution >= 4 is 0 Å². The van der Waals surface area contributed by atoms with Crippen LogP contribution in [0.1, 0.15) is 73.4 Å². The Balaban J connectivity index is 0.00000272. The normalized spacial score (nSPS) is 25.3. The lowest BCUT2D eigenvalue weighted by Crippen LogP contribution is -2.41. The summed E-state index contributed by atoms with van der Waals surface area (Å²) in [6, 6.07) is 7.35. The molecule has 8 heteroatoms. The van der Waals surface area contributed by atoms with Gasteiger partial charge >= 0.3 is 5.92 Å². The van der Waals surface area contributed by atoms with Gasteiger partial charge in [-0.05, 0) is 49.1 Å². The summed E-state index contributed by atoms with van der Waals surface area (Å²) >= 11 is 0. The van der Waals surface area contributed by atoms with Gasteiger partial charge in [-0.2, -0.15) is 14.0 Å². The lowest BCUT2D eigenvalue weighted by molar-refractivity contribution is -0.149. The highest BCUT2D eigenvalue weighted by Crippen LogP contribution is 2.65. The van der Waals surface area contributed by atoms with Crippen LogP contribution >= 0.6 is 0 Å². The molecule has 0 amide bonds. The first-order valence-electron chi connectivity index (χ1n) is 9.99. The largest absolute Gasteiger partial charge is 0.457 e. The highest BCUT2D eigenvalue weighted by atomic mass is 19.3. The van der Waals surface area contributed by atoms with Crippen molar-refractivity contribution in [2.45, 2.75) is 62.7 Å². The molecule has 0 aromatic heterocycles. The first-order valence-corrected chi connectivity index (χ1v) is 9.99. The molecular weight excluding hydrogens is 417 g/mol. The number of hydrogen-bond acceptors (Lipinski definition) is 2. The van der Waals surface area contributed by atoms with Gasteiger partial charge in [-0.1, -0.05) is 19.8 Å². The molecule has 0 heterocycles. The smallest absolute Gasteiger partial charge is 0.307 e. The van der Waals surface area contributed by atoms with Crippen LogP contribution in [0.25, 0.3) is 0 Å². The van der Waals surface area contributed by atoms with Crippen LogP contribution in [0.15, 0.2) is 30.3 Å². The standard InChI is InChI=1S/C23H20F5NO.H2O/c1-2-3-8-22(26)16-4-6-18(25)21-19(7-5-17(20(16)21)23(22,27)28)30-15-10-13(12-29)9-14(24)11-15;/h5,7,9-11,16,18H,2-4,6,8H2,1H3;1H2/t16?,18-,22?;/m0./s1. The maximum absolute atomic E-state index is 15.8. The number of unbranched alkanes of at least 4 members (excludes halogenated alkanes) is 1. The van der Waals surface area contributed by atoms with Gasteiger partial charge in [0.05, 0.1) is 11.6 Å². The van der Waals surface area contributed by atoms with E-state index in [2.05, 4.69) is 0 Å². The first-order chi connectivity index (χ1) is 14.2. The van der Waals surface area contributed by atoms with E-state index in [4.69, 9.17) is 10.00 Å². The monoisotopic (exact) mass is 439 g/mol. The van der Waals surface area contributed by atoms with E-state index in [0.717, 1.165) is 18.2 Å². The van der Waals surface area contributed by atoms with Gasteiger partial charge in [0.2, 0.25) is 0 Å². The molecule has 2 aliphatic rings. The molecule has 2 aliphatic carbocycles. The number of hydrogen-bond donors (Lipinski definition) is 0. The Morgan fingerprint density at radius 3 is 2.55 bits per heavy atom. The van der Waals surface area contributed by atoms with Crippen molar-refractivity contribution in [2.24, 2.45) is 0 Å². The zero-order valence-electron chi connectivity index (χ0n) is 16.8. The Kier molecular flexibility index (Phi) is 6.03. The Hall–Kier alpha value is -2.66. The minimum Gasteiger partial charge on any atom is -0.457 e. The van der Waals surface area contributed by atoms with Crippen molar-refractivity contribution < 1.29 is 32.2 Å². The van der Waals surface area contributed by atoms with Gasteiger partial charge in [-0.15, -0.1) is 0 Å². The minimum atomic E-state index is -3.73. The second-order valence-corrected chi connectivity index (χ2v) is 7.97. The lowest BCUT2D eigenvalue weighted by Gasteiger charge is -2.35. The second kappa shape index (κ2) is 8.12. The van der Waals surface area contributed by atoms with Crippen molar-refractivity contribution in [1.82, 2.24) is 0 Å². The fourth-order valence-corrected chi connectivity index (χ4v) is 4.76. The average molecular weight is 439 g/mol. The molecule has 3 nitrogen and oxygen atoms in total. The van der Waals surface area contributed by atoms with E-state index in [0.29, 0.717) is 12.8 Å². The molecule has 0 fully saturated rings. The third-order valence-corrected chi connectivity index (χ3v) is 6.15. The lowest BCUT2D eigenvalue weighted by atomic mass is 9.75. The van der Waals surface area contributed by atoms with Gasteiger partial charge in [0.25, 0.3) is 0 Å². The van der Waals surface area contributed by atoms with Gasteiger partial charge in [-0.3, -0.25) is 0 Å². The van der Waals surface area contributed by atoms with Crippen molar-refractivity contribution in [2.75, 3.05) is 0 Å². The van der Waals surface area contributed by atoms with Crippen LogP contribution < -0.4 is 4.74 Å². The Morgan fingerprint density at radius 1 is 1.13 bits per heavy atom. The molecule has 3 atom stereocenters. The van der Waals surface area contributed by atoms with Crippen molar-refractivity contribution in [1.29, 1.82) is 5.26 Å². The summed E-state index contributed by atoms with van der Waals surface area (Å²) in [6.07, 6.45) is -1.15. The number of nitriles is 1. The molecule has 0 saturated carbocycles. The van der Waals surface area contributed by atoms with E-state index >= 15 is 13.2 Å². The summed E-state index contributed by atoms with van der Waals surface area (Å²) < 4.78 is 80.4. The van der Waals surface area contributed by atoms with Crippen molar-refractivity contribution in [3.63, 3.8) is 0 Å². The highest BCUT2D eigenvalue weighted by molar-refractivity contribution is 5.58. The SMILES string of the molecule is CCCCC1(F)C2CC[C@H](F)c3c(Oc4cc(F)cc(C#N)c4)ccc(c32)C1(F)F.O. The Labute approximate surface area is 176 Å². The molecule has 4 rings (SSSR count). The number of benzene rings is 2. The van der Waals surface area contributed by atoms with Crippen LogP contribution in [0.5, 0.6) is 11.5 Å². The summed E-state index contributed by atoms with van der Waals surface area (Å²) in [4.78, 5) is 0. The van der Waals surface area contributed by atoms with Gasteiger partial charge < -0.3 is 10.2 Å². The van der Waals surface area contributed by atoms with Gasteiger partial charge in [-0.25, -0.2) is 13.2 Å². The number of ether oxygens (including phenoxy) is 1. The molecule has 0 bridgehead atoms. The van der Waals surface area contributed by atoms with Crippen LogP contribution in [-0.2, 0) is 5.92 Å². The van der Waals surface area contributed by atoms with E-state index in [1.807, 2.05) is 0 Å². The van der Waals surface area contributed by atoms with E-state index in [9.17, 15) is 8.78 Å². The van der Waals surface area contributed by atoms with E-state index < -0.39 is 35.1 Å².